The van der Waals surface area contributed by atoms with Gasteiger partial charge in [-0.05, 0) is 117 Å². The molecule has 4 N–H and O–H groups in total. The zero-order valence-electron chi connectivity index (χ0n) is 28.1. The Kier molecular flexibility index (Phi) is 10.6. The smallest absolute Gasteiger partial charge is 0.184 e. The SMILES string of the molecule is C=C(C)C(O)C[C@@H]1C[C@@]2(CC=C(C)C)C(=O)/C(=C(\O)c3ccc(O)c(O)c3)C(=O)[C@](CC=C(C)C)(C2=O)[C@@]1(C)CCC=C(C)C. The van der Waals surface area contributed by atoms with Crippen LogP contribution in [-0.2, 0) is 14.4 Å². The Hall–Kier alpha value is -3.71. The van der Waals surface area contributed by atoms with Crippen molar-refractivity contribution in [3.8, 4) is 11.5 Å². The second-order valence-corrected chi connectivity index (χ2v) is 14.1. The lowest BCUT2D eigenvalue weighted by Crippen LogP contribution is -2.70. The van der Waals surface area contributed by atoms with E-state index in [1.807, 2.05) is 60.6 Å². The Labute approximate surface area is 267 Å². The molecule has 1 unspecified atom stereocenters. The predicted molar refractivity (Wildman–Crippen MR) is 178 cm³/mol. The molecule has 2 saturated carbocycles. The lowest BCUT2D eigenvalue weighted by atomic mass is 9.37. The summed E-state index contributed by atoms with van der Waals surface area (Å²) in [6.45, 7) is 19.1. The third-order valence-electron chi connectivity index (χ3n) is 10.0. The minimum absolute atomic E-state index is 0.0235. The summed E-state index contributed by atoms with van der Waals surface area (Å²) in [5.41, 5.74) is -1.47. The van der Waals surface area contributed by atoms with E-state index in [9.17, 15) is 25.2 Å². The highest BCUT2D eigenvalue weighted by Gasteiger charge is 2.74. The first kappa shape index (κ1) is 35.8. The molecule has 2 aliphatic rings. The summed E-state index contributed by atoms with van der Waals surface area (Å²) >= 11 is 0. The van der Waals surface area contributed by atoms with Crippen molar-refractivity contribution in [3.05, 3.63) is 76.4 Å². The van der Waals surface area contributed by atoms with E-state index in [4.69, 9.17) is 0 Å². The fraction of sp³-hybridized carbons (Fsp3) is 0.500. The van der Waals surface area contributed by atoms with E-state index in [1.54, 1.807) is 6.92 Å². The molecule has 0 saturated heterocycles. The maximum Gasteiger partial charge on any atom is 0.184 e. The normalized spacial score (nSPS) is 27.8. The van der Waals surface area contributed by atoms with Gasteiger partial charge in [0, 0.05) is 5.56 Å². The van der Waals surface area contributed by atoms with Crippen molar-refractivity contribution in [1.29, 1.82) is 0 Å². The predicted octanol–water partition coefficient (Wildman–Crippen LogP) is 7.87. The number of benzene rings is 1. The quantitative estimate of drug-likeness (QED) is 0.0495. The van der Waals surface area contributed by atoms with Crippen molar-refractivity contribution in [3.63, 3.8) is 0 Å². The third-order valence-corrected chi connectivity index (χ3v) is 10.0. The molecule has 0 amide bonds. The van der Waals surface area contributed by atoms with Crippen LogP contribution in [0.1, 0.15) is 99.5 Å². The first-order valence-electron chi connectivity index (χ1n) is 15.7. The van der Waals surface area contributed by atoms with Gasteiger partial charge in [0.25, 0.3) is 0 Å². The van der Waals surface area contributed by atoms with Crippen LogP contribution in [-0.4, -0.2) is 43.9 Å². The van der Waals surface area contributed by atoms with Crippen molar-refractivity contribution in [2.75, 3.05) is 0 Å². The molecular weight excluding hydrogens is 568 g/mol. The highest BCUT2D eigenvalue weighted by atomic mass is 16.3. The molecule has 0 aromatic heterocycles. The molecule has 2 fully saturated rings. The van der Waals surface area contributed by atoms with Crippen LogP contribution in [0.5, 0.6) is 11.5 Å². The molecule has 1 aromatic rings. The number of phenols is 2. The zero-order valence-corrected chi connectivity index (χ0v) is 28.1. The lowest BCUT2D eigenvalue weighted by Gasteiger charge is -2.62. The standard InChI is InChI=1S/C38H50O7/c1-22(2)11-10-16-36(9)27(20-29(40)25(7)8)21-37(17-14-23(3)4)33(43)31(32(42)26-12-13-28(39)30(41)19-26)34(44)38(36,35(37)45)18-15-24(5)6/h11-15,19,27,29,39-42H,7,10,16-18,20-21H2,1-6,8-9H3/b32-31+/t27-,29?,36+,37+,38-/m1/s1. The van der Waals surface area contributed by atoms with Crippen molar-refractivity contribution >= 4 is 23.1 Å². The van der Waals surface area contributed by atoms with Gasteiger partial charge in [-0.3, -0.25) is 14.4 Å². The Morgan fingerprint density at radius 1 is 0.911 bits per heavy atom. The first-order valence-corrected chi connectivity index (χ1v) is 15.7. The number of ketones is 3. The number of fused-ring (bicyclic) bond motifs is 2. The number of aliphatic hydroxyl groups excluding tert-OH is 2. The Morgan fingerprint density at radius 3 is 2.02 bits per heavy atom. The Balaban J connectivity index is 2.52. The van der Waals surface area contributed by atoms with Gasteiger partial charge in [0.2, 0.25) is 0 Å². The van der Waals surface area contributed by atoms with Crippen molar-refractivity contribution in [2.45, 2.75) is 100 Å². The van der Waals surface area contributed by atoms with Crippen LogP contribution in [0.25, 0.3) is 5.76 Å². The highest BCUT2D eigenvalue weighted by Crippen LogP contribution is 2.67. The first-order chi connectivity index (χ1) is 20.9. The fourth-order valence-electron chi connectivity index (χ4n) is 7.21. The molecule has 0 heterocycles. The average molecular weight is 619 g/mol. The fourth-order valence-corrected chi connectivity index (χ4v) is 7.21. The Morgan fingerprint density at radius 2 is 1.49 bits per heavy atom. The van der Waals surface area contributed by atoms with Crippen LogP contribution in [0.15, 0.2) is 70.9 Å². The zero-order chi connectivity index (χ0) is 34.1. The molecule has 0 spiro atoms. The summed E-state index contributed by atoms with van der Waals surface area (Å²) in [5.74, 6) is -3.94. The minimum Gasteiger partial charge on any atom is -0.506 e. The van der Waals surface area contributed by atoms with Gasteiger partial charge in [-0.15, -0.1) is 0 Å². The van der Waals surface area contributed by atoms with Gasteiger partial charge in [0.15, 0.2) is 28.8 Å². The summed E-state index contributed by atoms with van der Waals surface area (Å²) in [4.78, 5) is 45.0. The number of Topliss-reactive ketones (excluding diaryl/α,β-unsaturated/α-hetero) is 3. The topological polar surface area (TPSA) is 132 Å². The van der Waals surface area contributed by atoms with Gasteiger partial charge in [-0.25, -0.2) is 0 Å². The second kappa shape index (κ2) is 13.3. The van der Waals surface area contributed by atoms with E-state index in [0.717, 1.165) is 22.8 Å². The second-order valence-electron chi connectivity index (χ2n) is 14.1. The Bertz CT molecular complexity index is 1510. The molecular formula is C38H50O7. The molecule has 244 valence electrons. The monoisotopic (exact) mass is 618 g/mol. The van der Waals surface area contributed by atoms with E-state index < -0.39 is 68.4 Å². The maximum atomic E-state index is 15.2. The molecule has 7 heteroatoms. The number of phenolic OH excluding ortho intramolecular Hbond substituents is 2. The largest absolute Gasteiger partial charge is 0.506 e. The van der Waals surface area contributed by atoms with Crippen molar-refractivity contribution in [2.24, 2.45) is 22.2 Å². The maximum absolute atomic E-state index is 15.2. The molecule has 2 bridgehead atoms. The summed E-state index contributed by atoms with van der Waals surface area (Å²) in [7, 11) is 0. The van der Waals surface area contributed by atoms with E-state index in [1.165, 1.54) is 12.1 Å². The number of hydrogen-bond acceptors (Lipinski definition) is 7. The minimum atomic E-state index is -1.73. The summed E-state index contributed by atoms with van der Waals surface area (Å²) in [5, 5.41) is 42.9. The van der Waals surface area contributed by atoms with Gasteiger partial charge < -0.3 is 20.4 Å². The van der Waals surface area contributed by atoms with Crippen LogP contribution in [0, 0.1) is 22.2 Å². The van der Waals surface area contributed by atoms with Crippen LogP contribution >= 0.6 is 0 Å². The third kappa shape index (κ3) is 6.37. The van der Waals surface area contributed by atoms with Gasteiger partial charge in [-0.2, -0.15) is 0 Å². The van der Waals surface area contributed by atoms with Gasteiger partial charge in [0.05, 0.1) is 11.5 Å². The van der Waals surface area contributed by atoms with E-state index in [0.29, 0.717) is 18.4 Å². The average Bonchev–Trinajstić information content (AvgIpc) is 2.94. The molecule has 7 nitrogen and oxygen atoms in total. The number of aromatic hydroxyl groups is 2. The molecule has 0 aliphatic heterocycles. The number of carbonyl (C=O) groups excluding carboxylic acids is 3. The molecule has 1 aromatic carbocycles. The molecule has 3 rings (SSSR count). The molecule has 45 heavy (non-hydrogen) atoms. The van der Waals surface area contributed by atoms with Crippen LogP contribution in [0.3, 0.4) is 0 Å². The lowest BCUT2D eigenvalue weighted by molar-refractivity contribution is -0.180. The van der Waals surface area contributed by atoms with Crippen molar-refractivity contribution < 1.29 is 34.8 Å². The molecule has 0 radical (unpaired) electrons. The number of hydrogen-bond donors (Lipinski definition) is 4. The van der Waals surface area contributed by atoms with Crippen LogP contribution in [0.4, 0.5) is 0 Å². The highest BCUT2D eigenvalue weighted by molar-refractivity contribution is 6.41. The van der Waals surface area contributed by atoms with Gasteiger partial charge >= 0.3 is 0 Å². The van der Waals surface area contributed by atoms with Crippen molar-refractivity contribution in [1.82, 2.24) is 0 Å². The number of carbonyl (C=O) groups is 3. The summed E-state index contributed by atoms with van der Waals surface area (Å²) in [6, 6.07) is 3.58. The number of aliphatic hydroxyl groups is 2. The summed E-state index contributed by atoms with van der Waals surface area (Å²) < 4.78 is 0. The number of rotatable bonds is 11. The van der Waals surface area contributed by atoms with Crippen LogP contribution < -0.4 is 0 Å². The summed E-state index contributed by atoms with van der Waals surface area (Å²) in [6.07, 6.45) is 6.23. The van der Waals surface area contributed by atoms with Gasteiger partial charge in [-0.1, -0.05) is 54.0 Å². The molecule has 2 aliphatic carbocycles. The van der Waals surface area contributed by atoms with E-state index in [2.05, 4.69) is 12.7 Å². The number of allylic oxidation sites excluding steroid dienone is 7. The van der Waals surface area contributed by atoms with E-state index >= 15 is 9.59 Å². The van der Waals surface area contributed by atoms with Gasteiger partial charge in [0.1, 0.15) is 16.7 Å². The molecule has 5 atom stereocenters. The van der Waals surface area contributed by atoms with E-state index in [-0.39, 0.29) is 31.2 Å². The van der Waals surface area contributed by atoms with Crippen LogP contribution in [0.2, 0.25) is 0 Å².